The Labute approximate surface area is 155 Å². The SMILES string of the molecule is COc1ccccc1Oc1cccc(CNC(=O)c2ccc(F)nc2N)c1. The molecule has 3 N–H and O–H groups in total. The molecule has 0 radical (unpaired) electrons. The molecule has 6 nitrogen and oxygen atoms in total. The van der Waals surface area contributed by atoms with Crippen LogP contribution in [0, 0.1) is 5.95 Å². The van der Waals surface area contributed by atoms with Crippen LogP contribution in [0.15, 0.2) is 60.7 Å². The van der Waals surface area contributed by atoms with Crippen LogP contribution in [0.4, 0.5) is 10.2 Å². The second-order valence-electron chi connectivity index (χ2n) is 5.65. The number of aromatic nitrogens is 1. The number of para-hydroxylation sites is 2. The first-order chi connectivity index (χ1) is 13.1. The van der Waals surface area contributed by atoms with Crippen LogP contribution in [0.1, 0.15) is 15.9 Å². The fourth-order valence-corrected chi connectivity index (χ4v) is 2.47. The van der Waals surface area contributed by atoms with Crippen molar-refractivity contribution in [2.75, 3.05) is 12.8 Å². The zero-order chi connectivity index (χ0) is 19.2. The summed E-state index contributed by atoms with van der Waals surface area (Å²) in [4.78, 5) is 15.7. The van der Waals surface area contributed by atoms with E-state index in [0.29, 0.717) is 17.2 Å². The molecule has 0 aliphatic heterocycles. The topological polar surface area (TPSA) is 86.5 Å². The molecule has 1 amide bonds. The van der Waals surface area contributed by atoms with E-state index in [9.17, 15) is 9.18 Å². The minimum absolute atomic E-state index is 0.123. The number of carbonyl (C=O) groups excluding carboxylic acids is 1. The van der Waals surface area contributed by atoms with Crippen LogP contribution in [0.25, 0.3) is 0 Å². The Kier molecular flexibility index (Phi) is 5.51. The van der Waals surface area contributed by atoms with Gasteiger partial charge in [0.25, 0.3) is 5.91 Å². The van der Waals surface area contributed by atoms with Crippen molar-refractivity contribution in [2.24, 2.45) is 0 Å². The fraction of sp³-hybridized carbons (Fsp3) is 0.100. The first kappa shape index (κ1) is 18.2. The molecule has 1 heterocycles. The molecule has 7 heteroatoms. The lowest BCUT2D eigenvalue weighted by molar-refractivity contribution is 0.0951. The molecule has 2 aromatic carbocycles. The summed E-state index contributed by atoms with van der Waals surface area (Å²) < 4.78 is 24.1. The van der Waals surface area contributed by atoms with Crippen molar-refractivity contribution in [1.82, 2.24) is 10.3 Å². The van der Waals surface area contributed by atoms with Crippen LogP contribution < -0.4 is 20.5 Å². The van der Waals surface area contributed by atoms with Crippen molar-refractivity contribution in [3.8, 4) is 17.2 Å². The molecule has 0 aliphatic rings. The normalized spacial score (nSPS) is 10.3. The molecule has 138 valence electrons. The average Bonchev–Trinajstić information content (AvgIpc) is 2.67. The van der Waals surface area contributed by atoms with Crippen molar-refractivity contribution >= 4 is 11.7 Å². The van der Waals surface area contributed by atoms with Gasteiger partial charge in [0.2, 0.25) is 5.95 Å². The molecule has 0 saturated carbocycles. The maximum atomic E-state index is 13.0. The van der Waals surface area contributed by atoms with Crippen molar-refractivity contribution < 1.29 is 18.7 Å². The highest BCUT2D eigenvalue weighted by molar-refractivity contribution is 5.98. The third-order valence-electron chi connectivity index (χ3n) is 3.78. The van der Waals surface area contributed by atoms with Crippen molar-refractivity contribution in [1.29, 1.82) is 0 Å². The van der Waals surface area contributed by atoms with Gasteiger partial charge in [-0.15, -0.1) is 0 Å². The minimum atomic E-state index is -0.731. The number of rotatable bonds is 6. The summed E-state index contributed by atoms with van der Waals surface area (Å²) >= 11 is 0. The van der Waals surface area contributed by atoms with Gasteiger partial charge in [0.1, 0.15) is 11.6 Å². The number of nitrogens with two attached hydrogens (primary N) is 1. The predicted molar refractivity (Wildman–Crippen MR) is 99.3 cm³/mol. The number of nitrogens with one attached hydrogen (secondary N) is 1. The summed E-state index contributed by atoms with van der Waals surface area (Å²) in [5.74, 6) is 0.498. The highest BCUT2D eigenvalue weighted by Gasteiger charge is 2.12. The number of halogens is 1. The molecule has 0 bridgehead atoms. The Hall–Kier alpha value is -3.61. The van der Waals surface area contributed by atoms with Crippen LogP contribution in [0.3, 0.4) is 0 Å². The first-order valence-corrected chi connectivity index (χ1v) is 8.17. The number of hydrogen-bond donors (Lipinski definition) is 2. The molecular weight excluding hydrogens is 349 g/mol. The second-order valence-corrected chi connectivity index (χ2v) is 5.65. The van der Waals surface area contributed by atoms with Gasteiger partial charge in [-0.3, -0.25) is 4.79 Å². The van der Waals surface area contributed by atoms with E-state index in [0.717, 1.165) is 11.6 Å². The number of nitrogen functional groups attached to an aromatic ring is 1. The molecule has 0 saturated heterocycles. The van der Waals surface area contributed by atoms with Gasteiger partial charge >= 0.3 is 0 Å². The van der Waals surface area contributed by atoms with E-state index in [-0.39, 0.29) is 17.9 Å². The van der Waals surface area contributed by atoms with E-state index >= 15 is 0 Å². The standard InChI is InChI=1S/C20H18FN3O3/c1-26-16-7-2-3-8-17(16)27-14-6-4-5-13(11-14)12-23-20(25)15-9-10-18(21)24-19(15)22/h2-11H,12H2,1H3,(H2,22,24)(H,23,25). The Morgan fingerprint density at radius 2 is 1.89 bits per heavy atom. The van der Waals surface area contributed by atoms with Gasteiger partial charge < -0.3 is 20.5 Å². The highest BCUT2D eigenvalue weighted by Crippen LogP contribution is 2.31. The van der Waals surface area contributed by atoms with E-state index in [1.54, 1.807) is 31.4 Å². The Morgan fingerprint density at radius 3 is 2.63 bits per heavy atom. The van der Waals surface area contributed by atoms with E-state index in [4.69, 9.17) is 15.2 Å². The molecule has 3 aromatic rings. The molecule has 0 fully saturated rings. The van der Waals surface area contributed by atoms with E-state index in [1.165, 1.54) is 6.07 Å². The number of anilines is 1. The van der Waals surface area contributed by atoms with Gasteiger partial charge in [0.15, 0.2) is 11.5 Å². The molecule has 27 heavy (non-hydrogen) atoms. The summed E-state index contributed by atoms with van der Waals surface area (Å²) in [6.07, 6.45) is 0. The molecular formula is C20H18FN3O3. The average molecular weight is 367 g/mol. The summed E-state index contributed by atoms with van der Waals surface area (Å²) in [6.45, 7) is 0.249. The number of nitrogens with zero attached hydrogens (tertiary/aromatic N) is 1. The van der Waals surface area contributed by atoms with Crippen LogP contribution >= 0.6 is 0 Å². The highest BCUT2D eigenvalue weighted by atomic mass is 19.1. The monoisotopic (exact) mass is 367 g/mol. The van der Waals surface area contributed by atoms with Gasteiger partial charge in [-0.05, 0) is 42.0 Å². The molecule has 0 unspecified atom stereocenters. The molecule has 0 aliphatic carbocycles. The van der Waals surface area contributed by atoms with Gasteiger partial charge in [0.05, 0.1) is 12.7 Å². The van der Waals surface area contributed by atoms with Gasteiger partial charge in [-0.1, -0.05) is 24.3 Å². The molecule has 3 rings (SSSR count). The van der Waals surface area contributed by atoms with Crippen LogP contribution in [0.5, 0.6) is 17.2 Å². The number of hydrogen-bond acceptors (Lipinski definition) is 5. The van der Waals surface area contributed by atoms with E-state index < -0.39 is 11.9 Å². The van der Waals surface area contributed by atoms with Crippen LogP contribution in [0.2, 0.25) is 0 Å². The van der Waals surface area contributed by atoms with Gasteiger partial charge in [-0.2, -0.15) is 4.39 Å². The Balaban J connectivity index is 1.68. The quantitative estimate of drug-likeness (QED) is 0.651. The summed E-state index contributed by atoms with van der Waals surface area (Å²) in [5.41, 5.74) is 6.53. The zero-order valence-electron chi connectivity index (χ0n) is 14.6. The van der Waals surface area contributed by atoms with Gasteiger partial charge in [-0.25, -0.2) is 4.98 Å². The summed E-state index contributed by atoms with van der Waals surface area (Å²) in [5, 5.41) is 2.73. The third kappa shape index (κ3) is 4.52. The van der Waals surface area contributed by atoms with E-state index in [1.807, 2.05) is 24.3 Å². The maximum Gasteiger partial charge on any atom is 0.255 e. The lowest BCUT2D eigenvalue weighted by Crippen LogP contribution is -2.24. The fourth-order valence-electron chi connectivity index (χ4n) is 2.47. The van der Waals surface area contributed by atoms with Crippen molar-refractivity contribution in [3.05, 3.63) is 77.7 Å². The zero-order valence-corrected chi connectivity index (χ0v) is 14.6. The lowest BCUT2D eigenvalue weighted by atomic mass is 10.2. The third-order valence-corrected chi connectivity index (χ3v) is 3.78. The number of amides is 1. The summed E-state index contributed by atoms with van der Waals surface area (Å²) in [6, 6.07) is 17.0. The van der Waals surface area contributed by atoms with Crippen molar-refractivity contribution in [2.45, 2.75) is 6.54 Å². The smallest absolute Gasteiger partial charge is 0.255 e. The Morgan fingerprint density at radius 1 is 1.11 bits per heavy atom. The predicted octanol–water partition coefficient (Wildman–Crippen LogP) is 3.53. The molecule has 0 atom stereocenters. The molecule has 1 aromatic heterocycles. The number of pyridine rings is 1. The van der Waals surface area contributed by atoms with Crippen LogP contribution in [-0.2, 0) is 6.54 Å². The van der Waals surface area contributed by atoms with Crippen LogP contribution in [-0.4, -0.2) is 18.0 Å². The molecule has 0 spiro atoms. The lowest BCUT2D eigenvalue weighted by Gasteiger charge is -2.11. The first-order valence-electron chi connectivity index (χ1n) is 8.17. The maximum absolute atomic E-state index is 13.0. The number of carbonyl (C=O) groups is 1. The second kappa shape index (κ2) is 8.18. The minimum Gasteiger partial charge on any atom is -0.493 e. The number of ether oxygens (including phenoxy) is 2. The summed E-state index contributed by atoms with van der Waals surface area (Å²) in [7, 11) is 1.57. The van der Waals surface area contributed by atoms with Crippen molar-refractivity contribution in [3.63, 3.8) is 0 Å². The van der Waals surface area contributed by atoms with Gasteiger partial charge in [0, 0.05) is 6.54 Å². The van der Waals surface area contributed by atoms with E-state index in [2.05, 4.69) is 10.3 Å². The Bertz CT molecular complexity index is 963. The largest absolute Gasteiger partial charge is 0.493 e. The number of benzene rings is 2. The number of methoxy groups -OCH3 is 1.